The summed E-state index contributed by atoms with van der Waals surface area (Å²) in [4.78, 5) is 11.5. The summed E-state index contributed by atoms with van der Waals surface area (Å²) in [6, 6.07) is 8.31. The van der Waals surface area contributed by atoms with Crippen LogP contribution in [0.4, 0.5) is 11.4 Å². The van der Waals surface area contributed by atoms with Crippen molar-refractivity contribution in [2.24, 2.45) is 15.7 Å². The van der Waals surface area contributed by atoms with Crippen LogP contribution in [0.5, 0.6) is 0 Å². The van der Waals surface area contributed by atoms with Crippen molar-refractivity contribution in [3.8, 4) is 0 Å². The summed E-state index contributed by atoms with van der Waals surface area (Å²) in [6.07, 6.45) is 0. The lowest BCUT2D eigenvalue weighted by atomic mass is 10.1. The smallest absolute Gasteiger partial charge is 0.164 e. The van der Waals surface area contributed by atoms with E-state index >= 15 is 0 Å². The molecule has 2 N–H and O–H groups in total. The van der Waals surface area contributed by atoms with Crippen LogP contribution in [0.3, 0.4) is 0 Å². The predicted octanol–water partition coefficient (Wildman–Crippen LogP) is 4.05. The average molecular weight is 271 g/mol. The molecular formula is C13H9N3S2. The maximum Gasteiger partial charge on any atom is 0.164 e. The number of hydrogen-bond donors (Lipinski definition) is 1. The monoisotopic (exact) mass is 271 g/mol. The summed E-state index contributed by atoms with van der Waals surface area (Å²) in [5, 5.41) is 4.09. The van der Waals surface area contributed by atoms with Crippen molar-refractivity contribution in [3.05, 3.63) is 24.3 Å². The minimum Gasteiger partial charge on any atom is -0.378 e. The maximum absolute atomic E-state index is 5.85. The Morgan fingerprint density at radius 1 is 0.889 bits per heavy atom. The first-order valence-corrected chi connectivity index (χ1v) is 7.20. The first-order valence-electron chi connectivity index (χ1n) is 5.57. The molecule has 0 aromatic heterocycles. The number of aliphatic imine (C=N–C) groups is 2. The molecular weight excluding hydrogens is 262 g/mol. The summed E-state index contributed by atoms with van der Waals surface area (Å²) < 4.78 is 0. The van der Waals surface area contributed by atoms with Crippen LogP contribution in [0.15, 0.2) is 44.0 Å². The van der Waals surface area contributed by atoms with E-state index in [0.29, 0.717) is 5.17 Å². The van der Waals surface area contributed by atoms with Crippen LogP contribution in [0.1, 0.15) is 6.92 Å². The Morgan fingerprint density at radius 2 is 1.50 bits per heavy atom. The van der Waals surface area contributed by atoms with Gasteiger partial charge in [-0.2, -0.15) is 0 Å². The Morgan fingerprint density at radius 3 is 2.22 bits per heavy atom. The quantitative estimate of drug-likeness (QED) is 0.786. The zero-order chi connectivity index (χ0) is 12.3. The molecule has 2 aromatic rings. The van der Waals surface area contributed by atoms with Gasteiger partial charge < -0.3 is 5.73 Å². The second-order valence-corrected chi connectivity index (χ2v) is 6.50. The molecule has 18 heavy (non-hydrogen) atoms. The van der Waals surface area contributed by atoms with Gasteiger partial charge in [-0.3, -0.25) is 0 Å². The molecule has 2 aliphatic heterocycles. The average Bonchev–Trinajstić information content (AvgIpc) is 2.34. The Bertz CT molecular complexity index is 697. The molecule has 0 atom stereocenters. The molecule has 2 aromatic carbocycles. The van der Waals surface area contributed by atoms with Gasteiger partial charge in [-0.1, -0.05) is 23.5 Å². The minimum atomic E-state index is 0.605. The predicted molar refractivity (Wildman–Crippen MR) is 79.7 cm³/mol. The zero-order valence-electron chi connectivity index (χ0n) is 9.60. The normalized spacial score (nSPS) is 16.5. The molecule has 0 saturated heterocycles. The van der Waals surface area contributed by atoms with Gasteiger partial charge in [0.05, 0.1) is 16.4 Å². The molecule has 2 aliphatic rings. The van der Waals surface area contributed by atoms with Gasteiger partial charge >= 0.3 is 0 Å². The SMILES string of the molecule is CC1=Nc2ccc3c4c(ccc(c24)S1)N=C(N)S3. The Balaban J connectivity index is 2.20. The summed E-state index contributed by atoms with van der Waals surface area (Å²) in [6.45, 7) is 2.04. The van der Waals surface area contributed by atoms with Gasteiger partial charge in [0.2, 0.25) is 0 Å². The van der Waals surface area contributed by atoms with E-state index in [9.17, 15) is 0 Å². The fourth-order valence-corrected chi connectivity index (χ4v) is 4.08. The van der Waals surface area contributed by atoms with E-state index in [2.05, 4.69) is 28.2 Å². The topological polar surface area (TPSA) is 50.7 Å². The highest BCUT2D eigenvalue weighted by Crippen LogP contribution is 2.48. The van der Waals surface area contributed by atoms with Crippen LogP contribution in [0.2, 0.25) is 0 Å². The Labute approximate surface area is 113 Å². The summed E-state index contributed by atoms with van der Waals surface area (Å²) >= 11 is 3.25. The fraction of sp³-hybridized carbons (Fsp3) is 0.0769. The third kappa shape index (κ3) is 1.34. The highest BCUT2D eigenvalue weighted by atomic mass is 32.2. The van der Waals surface area contributed by atoms with Crippen molar-refractivity contribution in [1.82, 2.24) is 0 Å². The lowest BCUT2D eigenvalue weighted by Gasteiger charge is -2.20. The van der Waals surface area contributed by atoms with E-state index in [0.717, 1.165) is 16.4 Å². The van der Waals surface area contributed by atoms with E-state index in [4.69, 9.17) is 5.73 Å². The van der Waals surface area contributed by atoms with E-state index in [1.807, 2.05) is 13.0 Å². The van der Waals surface area contributed by atoms with Crippen LogP contribution in [0.25, 0.3) is 10.8 Å². The first-order chi connectivity index (χ1) is 8.72. The number of hydrogen-bond acceptors (Lipinski definition) is 5. The van der Waals surface area contributed by atoms with Gasteiger partial charge in [0, 0.05) is 20.6 Å². The van der Waals surface area contributed by atoms with Crippen molar-refractivity contribution in [2.75, 3.05) is 0 Å². The first kappa shape index (κ1) is 10.5. The van der Waals surface area contributed by atoms with Crippen molar-refractivity contribution in [1.29, 1.82) is 0 Å². The molecule has 0 unspecified atom stereocenters. The summed E-state index contributed by atoms with van der Waals surface area (Å²) in [5.41, 5.74) is 7.85. The fourth-order valence-electron chi connectivity index (χ4n) is 2.36. The molecule has 0 radical (unpaired) electrons. The summed E-state index contributed by atoms with van der Waals surface area (Å²) in [7, 11) is 0. The van der Waals surface area contributed by atoms with E-state index in [1.54, 1.807) is 11.8 Å². The molecule has 0 spiro atoms. The maximum atomic E-state index is 5.85. The lowest BCUT2D eigenvalue weighted by molar-refractivity contribution is 1.39. The minimum absolute atomic E-state index is 0.605. The second kappa shape index (κ2) is 3.52. The summed E-state index contributed by atoms with van der Waals surface area (Å²) in [5.74, 6) is 0. The van der Waals surface area contributed by atoms with Crippen molar-refractivity contribution < 1.29 is 0 Å². The zero-order valence-corrected chi connectivity index (χ0v) is 11.2. The largest absolute Gasteiger partial charge is 0.378 e. The van der Waals surface area contributed by atoms with Crippen LogP contribution in [-0.2, 0) is 0 Å². The van der Waals surface area contributed by atoms with Crippen molar-refractivity contribution in [2.45, 2.75) is 16.7 Å². The number of amidine groups is 1. The van der Waals surface area contributed by atoms with Gasteiger partial charge in [-0.05, 0) is 31.2 Å². The Hall–Kier alpha value is -1.46. The van der Waals surface area contributed by atoms with Gasteiger partial charge in [-0.15, -0.1) is 0 Å². The molecule has 88 valence electrons. The number of thioether (sulfide) groups is 2. The van der Waals surface area contributed by atoms with E-state index in [-0.39, 0.29) is 0 Å². The molecule has 0 aliphatic carbocycles. The number of benzene rings is 2. The highest BCUT2D eigenvalue weighted by molar-refractivity contribution is 8.14. The third-order valence-electron chi connectivity index (χ3n) is 3.02. The molecule has 5 heteroatoms. The van der Waals surface area contributed by atoms with Crippen LogP contribution >= 0.6 is 23.5 Å². The van der Waals surface area contributed by atoms with Crippen LogP contribution in [0, 0.1) is 0 Å². The number of nitrogens with two attached hydrogens (primary N) is 1. The molecule has 0 amide bonds. The molecule has 3 nitrogen and oxygen atoms in total. The molecule has 0 saturated carbocycles. The second-order valence-electron chi connectivity index (χ2n) is 4.20. The van der Waals surface area contributed by atoms with Crippen LogP contribution < -0.4 is 5.73 Å². The molecule has 4 rings (SSSR count). The molecule has 0 bridgehead atoms. The van der Waals surface area contributed by atoms with Gasteiger partial charge in [0.1, 0.15) is 0 Å². The molecule has 2 heterocycles. The third-order valence-corrected chi connectivity index (χ3v) is 4.83. The van der Waals surface area contributed by atoms with E-state index < -0.39 is 0 Å². The van der Waals surface area contributed by atoms with Crippen LogP contribution in [-0.4, -0.2) is 10.2 Å². The number of rotatable bonds is 0. The van der Waals surface area contributed by atoms with Gasteiger partial charge in [-0.25, -0.2) is 9.98 Å². The van der Waals surface area contributed by atoms with Gasteiger partial charge in [0.15, 0.2) is 5.17 Å². The Kier molecular flexibility index (Phi) is 2.05. The van der Waals surface area contributed by atoms with Gasteiger partial charge in [0.25, 0.3) is 0 Å². The van der Waals surface area contributed by atoms with Crippen molar-refractivity contribution in [3.63, 3.8) is 0 Å². The molecule has 0 fully saturated rings. The van der Waals surface area contributed by atoms with E-state index in [1.165, 1.54) is 32.3 Å². The lowest BCUT2D eigenvalue weighted by Crippen LogP contribution is -2.08. The highest BCUT2D eigenvalue weighted by Gasteiger charge is 2.21. The standard InChI is InChI=1S/C13H9N3S2/c1-6-15-7-2-5-10-12-8(16-13(14)18-10)3-4-9(17-6)11(7)12/h2-5H,1H3,(H2,14,16). The van der Waals surface area contributed by atoms with Crippen molar-refractivity contribution >= 4 is 55.9 Å². The number of nitrogens with zero attached hydrogens (tertiary/aromatic N) is 2.